The van der Waals surface area contributed by atoms with Gasteiger partial charge in [0.1, 0.15) is 11.6 Å². The number of hydrogen-bond donors (Lipinski definition) is 1. The number of piperidine rings is 1. The molecular weight excluding hydrogens is 432 g/mol. The third kappa shape index (κ3) is 4.46. The van der Waals surface area contributed by atoms with Crippen molar-refractivity contribution in [3.05, 3.63) is 101 Å². The maximum absolute atomic E-state index is 14.2. The molecule has 6 heteroatoms. The van der Waals surface area contributed by atoms with Crippen LogP contribution in [0.1, 0.15) is 34.5 Å². The molecule has 174 valence electrons. The molecule has 0 saturated carbocycles. The van der Waals surface area contributed by atoms with Crippen molar-refractivity contribution >= 4 is 16.8 Å². The second-order valence-electron chi connectivity index (χ2n) is 8.94. The molecule has 34 heavy (non-hydrogen) atoms. The zero-order valence-electron chi connectivity index (χ0n) is 19.1. The van der Waals surface area contributed by atoms with Crippen molar-refractivity contribution in [2.24, 2.45) is 0 Å². The maximum atomic E-state index is 14.2. The van der Waals surface area contributed by atoms with Gasteiger partial charge in [0.05, 0.1) is 11.1 Å². The van der Waals surface area contributed by atoms with Crippen LogP contribution in [-0.2, 0) is 6.54 Å². The Labute approximate surface area is 197 Å². The summed E-state index contributed by atoms with van der Waals surface area (Å²) in [4.78, 5) is 15.8. The van der Waals surface area contributed by atoms with Crippen LogP contribution in [0.3, 0.4) is 0 Å². The van der Waals surface area contributed by atoms with E-state index in [9.17, 15) is 13.6 Å². The quantitative estimate of drug-likeness (QED) is 0.421. The van der Waals surface area contributed by atoms with Gasteiger partial charge in [-0.3, -0.25) is 9.69 Å². The monoisotopic (exact) mass is 459 g/mol. The summed E-state index contributed by atoms with van der Waals surface area (Å²) in [5.74, 6) is -0.928. The lowest BCUT2D eigenvalue weighted by Gasteiger charge is -2.32. The van der Waals surface area contributed by atoms with E-state index in [-0.39, 0.29) is 17.8 Å². The van der Waals surface area contributed by atoms with Crippen LogP contribution in [-0.4, -0.2) is 34.5 Å². The first-order valence-electron chi connectivity index (χ1n) is 11.6. The van der Waals surface area contributed by atoms with Gasteiger partial charge in [-0.2, -0.15) is 0 Å². The fraction of sp³-hybridized carbons (Fsp3) is 0.250. The van der Waals surface area contributed by atoms with Crippen LogP contribution < -0.4 is 5.32 Å². The van der Waals surface area contributed by atoms with Gasteiger partial charge >= 0.3 is 0 Å². The third-order valence-electron chi connectivity index (χ3n) is 6.65. The van der Waals surface area contributed by atoms with Crippen LogP contribution in [0.4, 0.5) is 8.78 Å². The summed E-state index contributed by atoms with van der Waals surface area (Å²) in [6.45, 7) is 4.57. The van der Waals surface area contributed by atoms with Crippen molar-refractivity contribution in [1.82, 2.24) is 14.8 Å². The minimum Gasteiger partial charge on any atom is -0.349 e. The van der Waals surface area contributed by atoms with Gasteiger partial charge < -0.3 is 9.88 Å². The number of benzene rings is 3. The molecule has 1 aromatic heterocycles. The largest absolute Gasteiger partial charge is 0.349 e. The number of halogens is 2. The molecule has 0 aliphatic carbocycles. The summed E-state index contributed by atoms with van der Waals surface area (Å²) in [5, 5.41) is 3.74. The minimum atomic E-state index is -0.396. The van der Waals surface area contributed by atoms with Gasteiger partial charge in [-0.1, -0.05) is 30.3 Å². The number of fused-ring (bicyclic) bond motifs is 1. The highest BCUT2D eigenvalue weighted by Crippen LogP contribution is 2.30. The van der Waals surface area contributed by atoms with Gasteiger partial charge in [0.15, 0.2) is 0 Å². The molecule has 4 aromatic rings. The lowest BCUT2D eigenvalue weighted by Crippen LogP contribution is -2.44. The number of rotatable bonds is 5. The van der Waals surface area contributed by atoms with Crippen molar-refractivity contribution < 1.29 is 13.6 Å². The average Bonchev–Trinajstić information content (AvgIpc) is 3.12. The lowest BCUT2D eigenvalue weighted by molar-refractivity contribution is 0.0910. The molecule has 1 saturated heterocycles. The molecule has 0 spiro atoms. The Hall–Kier alpha value is -3.51. The Morgan fingerprint density at radius 3 is 2.32 bits per heavy atom. The number of hydrogen-bond acceptors (Lipinski definition) is 2. The van der Waals surface area contributed by atoms with Crippen LogP contribution >= 0.6 is 0 Å². The van der Waals surface area contributed by atoms with Gasteiger partial charge in [-0.15, -0.1) is 0 Å². The molecule has 0 bridgehead atoms. The summed E-state index contributed by atoms with van der Waals surface area (Å²) in [6, 6.07) is 21.0. The fourth-order valence-electron chi connectivity index (χ4n) is 4.93. The van der Waals surface area contributed by atoms with E-state index in [0.717, 1.165) is 38.2 Å². The molecular formula is C28H27F2N3O. The molecule has 4 nitrogen and oxygen atoms in total. The van der Waals surface area contributed by atoms with Gasteiger partial charge in [0, 0.05) is 42.4 Å². The molecule has 5 rings (SSSR count). The van der Waals surface area contributed by atoms with Crippen LogP contribution in [0, 0.1) is 18.6 Å². The predicted molar refractivity (Wildman–Crippen MR) is 130 cm³/mol. The van der Waals surface area contributed by atoms with E-state index in [1.54, 1.807) is 18.2 Å². The highest BCUT2D eigenvalue weighted by Gasteiger charge is 2.25. The van der Waals surface area contributed by atoms with Crippen LogP contribution in [0.15, 0.2) is 72.8 Å². The minimum absolute atomic E-state index is 0.0664. The number of carbonyl (C=O) groups excluding carboxylic acids is 1. The van der Waals surface area contributed by atoms with Crippen molar-refractivity contribution in [1.29, 1.82) is 0 Å². The average molecular weight is 460 g/mol. The van der Waals surface area contributed by atoms with Gasteiger partial charge in [0.2, 0.25) is 0 Å². The number of carbonyl (C=O) groups is 1. The molecule has 1 N–H and O–H groups in total. The van der Waals surface area contributed by atoms with Crippen molar-refractivity contribution in [3.63, 3.8) is 0 Å². The zero-order chi connectivity index (χ0) is 23.7. The summed E-state index contributed by atoms with van der Waals surface area (Å²) in [5.41, 5.74) is 3.89. The topological polar surface area (TPSA) is 37.3 Å². The van der Waals surface area contributed by atoms with Crippen LogP contribution in [0.5, 0.6) is 0 Å². The maximum Gasteiger partial charge on any atom is 0.253 e. The molecule has 0 unspecified atom stereocenters. The number of nitrogens with zero attached hydrogens (tertiary/aromatic N) is 2. The number of nitrogens with one attached hydrogen (secondary N) is 1. The third-order valence-corrected chi connectivity index (χ3v) is 6.65. The highest BCUT2D eigenvalue weighted by molar-refractivity contribution is 6.09. The number of amides is 1. The second-order valence-corrected chi connectivity index (χ2v) is 8.94. The summed E-state index contributed by atoms with van der Waals surface area (Å²) in [7, 11) is 0. The SMILES string of the molecule is Cc1c(C(=O)NC2CCN(Cc3ccccc3)CC2)c2cc(F)ccc2n1-c1ccc(F)cc1. The Morgan fingerprint density at radius 2 is 1.62 bits per heavy atom. The Bertz CT molecular complexity index is 1310. The number of likely N-dealkylation sites (tertiary alicyclic amines) is 1. The van der Waals surface area contributed by atoms with Crippen LogP contribution in [0.2, 0.25) is 0 Å². The number of aromatic nitrogens is 1. The standard InChI is InChI=1S/C28H27F2N3O/c1-19-27(25-17-22(30)9-12-26(25)33(19)24-10-7-21(29)8-11-24)28(34)31-23-13-15-32(16-14-23)18-20-5-3-2-4-6-20/h2-12,17,23H,13-16,18H2,1H3,(H,31,34). The first-order valence-corrected chi connectivity index (χ1v) is 11.6. The van der Waals surface area contributed by atoms with E-state index in [2.05, 4.69) is 34.5 Å². The Morgan fingerprint density at radius 1 is 0.941 bits per heavy atom. The van der Waals surface area contributed by atoms with E-state index < -0.39 is 5.82 Å². The summed E-state index contributed by atoms with van der Waals surface area (Å²) >= 11 is 0. The molecule has 1 aliphatic rings. The molecule has 2 heterocycles. The van der Waals surface area contributed by atoms with E-state index in [4.69, 9.17) is 0 Å². The van der Waals surface area contributed by atoms with Gasteiger partial charge in [0.25, 0.3) is 5.91 Å². The van der Waals surface area contributed by atoms with Crippen molar-refractivity contribution in [2.45, 2.75) is 32.4 Å². The van der Waals surface area contributed by atoms with Crippen molar-refractivity contribution in [3.8, 4) is 5.69 Å². The fourth-order valence-corrected chi connectivity index (χ4v) is 4.93. The van der Waals surface area contributed by atoms with Crippen LogP contribution in [0.25, 0.3) is 16.6 Å². The van der Waals surface area contributed by atoms with E-state index in [0.29, 0.717) is 22.2 Å². The molecule has 3 aromatic carbocycles. The summed E-state index contributed by atoms with van der Waals surface area (Å²) < 4.78 is 29.5. The first kappa shape index (κ1) is 22.3. The molecule has 1 fully saturated rings. The Balaban J connectivity index is 1.36. The van der Waals surface area contributed by atoms with Gasteiger partial charge in [-0.25, -0.2) is 8.78 Å². The van der Waals surface area contributed by atoms with E-state index in [1.807, 2.05) is 17.6 Å². The normalized spacial score (nSPS) is 15.0. The highest BCUT2D eigenvalue weighted by atomic mass is 19.1. The molecule has 1 aliphatic heterocycles. The first-order chi connectivity index (χ1) is 16.5. The second kappa shape index (κ2) is 9.39. The zero-order valence-corrected chi connectivity index (χ0v) is 19.1. The lowest BCUT2D eigenvalue weighted by atomic mass is 10.0. The van der Waals surface area contributed by atoms with Crippen molar-refractivity contribution in [2.75, 3.05) is 13.1 Å². The molecule has 0 atom stereocenters. The molecule has 1 amide bonds. The molecule has 0 radical (unpaired) electrons. The smallest absolute Gasteiger partial charge is 0.253 e. The van der Waals surface area contributed by atoms with E-state index in [1.165, 1.54) is 29.8 Å². The van der Waals surface area contributed by atoms with E-state index >= 15 is 0 Å². The Kier molecular flexibility index (Phi) is 6.16. The summed E-state index contributed by atoms with van der Waals surface area (Å²) in [6.07, 6.45) is 1.73. The van der Waals surface area contributed by atoms with Gasteiger partial charge in [-0.05, 0) is 67.8 Å². The predicted octanol–water partition coefficient (Wildman–Crippen LogP) is 5.61.